The Labute approximate surface area is 82.0 Å². The molecule has 1 aliphatic heterocycles. The van der Waals surface area contributed by atoms with E-state index >= 15 is 0 Å². The summed E-state index contributed by atoms with van der Waals surface area (Å²) in [6.07, 6.45) is 2.50. The van der Waals surface area contributed by atoms with Gasteiger partial charge in [0, 0.05) is 24.1 Å². The molecule has 0 aromatic heterocycles. The van der Waals surface area contributed by atoms with Crippen LogP contribution in [0.1, 0.15) is 40.5 Å². The highest BCUT2D eigenvalue weighted by atomic mass is 16.5. The average Bonchev–Trinajstić information content (AvgIpc) is 2.02. The van der Waals surface area contributed by atoms with Crippen molar-refractivity contribution < 1.29 is 4.74 Å². The third-order valence-corrected chi connectivity index (χ3v) is 2.57. The monoisotopic (exact) mass is 185 g/mol. The van der Waals surface area contributed by atoms with E-state index in [9.17, 15) is 0 Å². The first-order chi connectivity index (χ1) is 5.91. The van der Waals surface area contributed by atoms with Gasteiger partial charge in [-0.3, -0.25) is 0 Å². The lowest BCUT2D eigenvalue weighted by atomic mass is 9.84. The van der Waals surface area contributed by atoms with Gasteiger partial charge in [-0.25, -0.2) is 0 Å². The molecule has 1 rings (SSSR count). The molecule has 1 N–H and O–H groups in total. The van der Waals surface area contributed by atoms with E-state index < -0.39 is 0 Å². The topological polar surface area (TPSA) is 21.3 Å². The van der Waals surface area contributed by atoms with Gasteiger partial charge < -0.3 is 10.1 Å². The largest absolute Gasteiger partial charge is 0.381 e. The summed E-state index contributed by atoms with van der Waals surface area (Å²) in [5, 5.41) is 3.55. The summed E-state index contributed by atoms with van der Waals surface area (Å²) in [7, 11) is 0. The first kappa shape index (κ1) is 11.0. The van der Waals surface area contributed by atoms with Crippen molar-refractivity contribution in [3.63, 3.8) is 0 Å². The highest BCUT2D eigenvalue weighted by molar-refractivity contribution is 4.82. The molecule has 0 aromatic rings. The second-order valence-electron chi connectivity index (χ2n) is 5.57. The van der Waals surface area contributed by atoms with Crippen LogP contribution in [0.5, 0.6) is 0 Å². The van der Waals surface area contributed by atoms with E-state index in [1.54, 1.807) is 0 Å². The van der Waals surface area contributed by atoms with Gasteiger partial charge >= 0.3 is 0 Å². The van der Waals surface area contributed by atoms with Gasteiger partial charge in [-0.1, -0.05) is 6.92 Å². The van der Waals surface area contributed by atoms with Crippen molar-refractivity contribution in [1.29, 1.82) is 0 Å². The Bertz CT molecular complexity index is 154. The summed E-state index contributed by atoms with van der Waals surface area (Å²) in [5.41, 5.74) is 0.575. The Morgan fingerprint density at radius 3 is 2.54 bits per heavy atom. The molecule has 0 aromatic carbocycles. The molecule has 0 aliphatic carbocycles. The lowest BCUT2D eigenvalue weighted by Gasteiger charge is -2.36. The summed E-state index contributed by atoms with van der Waals surface area (Å²) in [6.45, 7) is 11.9. The maximum Gasteiger partial charge on any atom is 0.0531 e. The fourth-order valence-corrected chi connectivity index (χ4v) is 1.61. The van der Waals surface area contributed by atoms with Crippen LogP contribution in [0.2, 0.25) is 0 Å². The zero-order valence-electron chi connectivity index (χ0n) is 9.44. The third-order valence-electron chi connectivity index (χ3n) is 2.57. The lowest BCUT2D eigenvalue weighted by Crippen LogP contribution is -2.45. The lowest BCUT2D eigenvalue weighted by molar-refractivity contribution is 0.000377. The van der Waals surface area contributed by atoms with Gasteiger partial charge in [0.1, 0.15) is 0 Å². The first-order valence-corrected chi connectivity index (χ1v) is 5.24. The second kappa shape index (κ2) is 3.97. The van der Waals surface area contributed by atoms with Gasteiger partial charge in [-0.15, -0.1) is 0 Å². The van der Waals surface area contributed by atoms with E-state index in [1.165, 1.54) is 12.8 Å². The molecular weight excluding hydrogens is 162 g/mol. The number of hydrogen-bond acceptors (Lipinski definition) is 2. The molecule has 0 saturated carbocycles. The molecule has 1 unspecified atom stereocenters. The molecule has 0 radical (unpaired) electrons. The van der Waals surface area contributed by atoms with E-state index in [0.29, 0.717) is 5.41 Å². The fraction of sp³-hybridized carbons (Fsp3) is 1.00. The molecular formula is C11H23NO. The van der Waals surface area contributed by atoms with Crippen molar-refractivity contribution in [2.45, 2.75) is 46.1 Å². The normalized spacial score (nSPS) is 30.5. The minimum atomic E-state index is 0.223. The Kier molecular flexibility index (Phi) is 3.36. The number of nitrogens with one attached hydrogen (secondary N) is 1. The van der Waals surface area contributed by atoms with Gasteiger partial charge in [0.15, 0.2) is 0 Å². The van der Waals surface area contributed by atoms with E-state index in [1.807, 2.05) is 0 Å². The molecule has 13 heavy (non-hydrogen) atoms. The predicted molar refractivity (Wildman–Crippen MR) is 55.9 cm³/mol. The van der Waals surface area contributed by atoms with E-state index in [0.717, 1.165) is 19.8 Å². The number of hydrogen-bond donors (Lipinski definition) is 1. The van der Waals surface area contributed by atoms with Crippen molar-refractivity contribution in [2.75, 3.05) is 19.8 Å². The zero-order valence-corrected chi connectivity index (χ0v) is 9.44. The van der Waals surface area contributed by atoms with Crippen LogP contribution in [0, 0.1) is 5.41 Å². The van der Waals surface area contributed by atoms with Crippen LogP contribution in [0.15, 0.2) is 0 Å². The molecule has 1 heterocycles. The smallest absolute Gasteiger partial charge is 0.0531 e. The molecule has 2 heteroatoms. The quantitative estimate of drug-likeness (QED) is 0.712. The number of ether oxygens (including phenoxy) is 1. The highest BCUT2D eigenvalue weighted by Gasteiger charge is 2.28. The average molecular weight is 185 g/mol. The van der Waals surface area contributed by atoms with Crippen LogP contribution in [0.25, 0.3) is 0 Å². The van der Waals surface area contributed by atoms with Crippen LogP contribution in [0.4, 0.5) is 0 Å². The van der Waals surface area contributed by atoms with Crippen LogP contribution in [-0.4, -0.2) is 25.3 Å². The molecule has 78 valence electrons. The summed E-state index contributed by atoms with van der Waals surface area (Å²) in [4.78, 5) is 0. The van der Waals surface area contributed by atoms with Crippen molar-refractivity contribution in [2.24, 2.45) is 5.41 Å². The van der Waals surface area contributed by atoms with E-state index in [2.05, 4.69) is 33.0 Å². The number of rotatable bonds is 2. The van der Waals surface area contributed by atoms with Crippen molar-refractivity contribution in [3.8, 4) is 0 Å². The van der Waals surface area contributed by atoms with Crippen molar-refractivity contribution in [1.82, 2.24) is 5.32 Å². The molecule has 0 amide bonds. The third kappa shape index (κ3) is 4.10. The Morgan fingerprint density at radius 2 is 2.08 bits per heavy atom. The van der Waals surface area contributed by atoms with Crippen LogP contribution >= 0.6 is 0 Å². The summed E-state index contributed by atoms with van der Waals surface area (Å²) < 4.78 is 5.51. The van der Waals surface area contributed by atoms with E-state index in [-0.39, 0.29) is 5.54 Å². The Hall–Kier alpha value is -0.0800. The Morgan fingerprint density at radius 1 is 1.38 bits per heavy atom. The molecule has 0 bridgehead atoms. The van der Waals surface area contributed by atoms with Gasteiger partial charge in [0.2, 0.25) is 0 Å². The molecule has 1 aliphatic rings. The van der Waals surface area contributed by atoms with Crippen molar-refractivity contribution in [3.05, 3.63) is 0 Å². The van der Waals surface area contributed by atoms with E-state index in [4.69, 9.17) is 4.74 Å². The van der Waals surface area contributed by atoms with Gasteiger partial charge in [-0.2, -0.15) is 0 Å². The predicted octanol–water partition coefficient (Wildman–Crippen LogP) is 2.19. The first-order valence-electron chi connectivity index (χ1n) is 5.24. The SMILES string of the molecule is CC1(CNC(C)(C)C)CCCOC1. The summed E-state index contributed by atoms with van der Waals surface area (Å²) >= 11 is 0. The minimum absolute atomic E-state index is 0.223. The second-order valence-corrected chi connectivity index (χ2v) is 5.57. The molecule has 1 fully saturated rings. The standard InChI is InChI=1S/C11H23NO/c1-10(2,3)12-8-11(4)6-5-7-13-9-11/h12H,5-9H2,1-4H3. The van der Waals surface area contributed by atoms with Gasteiger partial charge in [-0.05, 0) is 33.6 Å². The Balaban J connectivity index is 2.33. The molecule has 1 saturated heterocycles. The fourth-order valence-electron chi connectivity index (χ4n) is 1.61. The molecule has 0 spiro atoms. The molecule has 2 nitrogen and oxygen atoms in total. The summed E-state index contributed by atoms with van der Waals surface area (Å²) in [5.74, 6) is 0. The summed E-state index contributed by atoms with van der Waals surface area (Å²) in [6, 6.07) is 0. The maximum atomic E-state index is 5.51. The van der Waals surface area contributed by atoms with Gasteiger partial charge in [0.25, 0.3) is 0 Å². The molecule has 1 atom stereocenters. The van der Waals surface area contributed by atoms with Gasteiger partial charge in [0.05, 0.1) is 6.61 Å². The zero-order chi connectivity index (χ0) is 9.95. The van der Waals surface area contributed by atoms with Crippen LogP contribution in [0.3, 0.4) is 0 Å². The van der Waals surface area contributed by atoms with Crippen molar-refractivity contribution >= 4 is 0 Å². The van der Waals surface area contributed by atoms with Crippen LogP contribution in [-0.2, 0) is 4.74 Å². The maximum absolute atomic E-state index is 5.51. The van der Waals surface area contributed by atoms with Crippen LogP contribution < -0.4 is 5.32 Å². The minimum Gasteiger partial charge on any atom is -0.381 e. The highest BCUT2D eigenvalue weighted by Crippen LogP contribution is 2.27.